The Balaban J connectivity index is 3.44. The maximum Gasteiger partial charge on any atom is 0.434 e. The zero-order valence-corrected chi connectivity index (χ0v) is 7.98. The molecule has 1 rings (SSSR count). The van der Waals surface area contributed by atoms with E-state index >= 15 is 0 Å². The molecule has 0 saturated carbocycles. The number of alkyl halides is 3. The molecule has 0 amide bonds. The van der Waals surface area contributed by atoms with E-state index in [-0.39, 0.29) is 0 Å². The van der Waals surface area contributed by atoms with Gasteiger partial charge in [-0.05, 0) is 15.9 Å². The third-order valence-electron chi connectivity index (χ3n) is 1.34. The molecule has 1 heterocycles. The van der Waals surface area contributed by atoms with Crippen LogP contribution >= 0.6 is 15.9 Å². The van der Waals surface area contributed by atoms with Crippen molar-refractivity contribution in [1.29, 1.82) is 0 Å². The molecule has 0 bridgehead atoms. The fourth-order valence-corrected chi connectivity index (χ4v) is 1.31. The van der Waals surface area contributed by atoms with E-state index in [2.05, 4.69) is 20.9 Å². The van der Waals surface area contributed by atoms with Gasteiger partial charge in [0.05, 0.1) is 6.33 Å². The van der Waals surface area contributed by atoms with E-state index in [0.717, 1.165) is 10.9 Å². The van der Waals surface area contributed by atoms with Gasteiger partial charge in [-0.25, -0.2) is 4.98 Å². The molecule has 0 saturated heterocycles. The highest BCUT2D eigenvalue weighted by Gasteiger charge is 2.36. The second-order valence-corrected chi connectivity index (χ2v) is 3.11. The van der Waals surface area contributed by atoms with Crippen molar-refractivity contribution in [2.24, 2.45) is 7.05 Å². The third kappa shape index (κ3) is 1.90. The predicted molar refractivity (Wildman–Crippen MR) is 42.2 cm³/mol. The molecule has 72 valence electrons. The summed E-state index contributed by atoms with van der Waals surface area (Å²) in [5, 5.41) is 0. The van der Waals surface area contributed by atoms with Crippen molar-refractivity contribution in [3.05, 3.63) is 26.8 Å². The first kappa shape index (κ1) is 10.2. The molecule has 1 aromatic rings. The van der Waals surface area contributed by atoms with Gasteiger partial charge in [-0.15, -0.1) is 0 Å². The Kier molecular flexibility index (Phi) is 2.47. The first-order valence-electron chi connectivity index (χ1n) is 3.12. The zero-order valence-electron chi connectivity index (χ0n) is 6.39. The van der Waals surface area contributed by atoms with Crippen LogP contribution in [0.25, 0.3) is 0 Å². The molecule has 0 fully saturated rings. The van der Waals surface area contributed by atoms with Gasteiger partial charge in [0.15, 0.2) is 5.69 Å². The van der Waals surface area contributed by atoms with Crippen molar-refractivity contribution in [1.82, 2.24) is 9.55 Å². The normalized spacial score (nSPS) is 11.8. The smallest absolute Gasteiger partial charge is 0.301 e. The van der Waals surface area contributed by atoms with E-state index in [1.54, 1.807) is 0 Å². The van der Waals surface area contributed by atoms with Crippen molar-refractivity contribution in [2.75, 3.05) is 0 Å². The number of aromatic nitrogens is 2. The van der Waals surface area contributed by atoms with Crippen LogP contribution in [-0.4, -0.2) is 9.55 Å². The van der Waals surface area contributed by atoms with Gasteiger partial charge in [0.2, 0.25) is 0 Å². The number of nitrogens with zero attached hydrogens (tertiary/aromatic N) is 2. The molecule has 7 heteroatoms. The van der Waals surface area contributed by atoms with Crippen molar-refractivity contribution in [2.45, 2.75) is 6.18 Å². The SMILES string of the molecule is Cn1cnc(C(F)(F)F)c(Br)c1=O. The van der Waals surface area contributed by atoms with Crippen LogP contribution in [0.5, 0.6) is 0 Å². The molecule has 1 aromatic heterocycles. The van der Waals surface area contributed by atoms with Gasteiger partial charge in [-0.2, -0.15) is 13.2 Å². The zero-order chi connectivity index (χ0) is 10.2. The summed E-state index contributed by atoms with van der Waals surface area (Å²) in [5.74, 6) is 0. The maximum absolute atomic E-state index is 12.1. The summed E-state index contributed by atoms with van der Waals surface area (Å²) >= 11 is 2.55. The minimum Gasteiger partial charge on any atom is -0.301 e. The van der Waals surface area contributed by atoms with Crippen LogP contribution in [0.1, 0.15) is 5.69 Å². The highest BCUT2D eigenvalue weighted by Crippen LogP contribution is 2.30. The lowest BCUT2D eigenvalue weighted by Crippen LogP contribution is -2.23. The van der Waals surface area contributed by atoms with Crippen molar-refractivity contribution >= 4 is 15.9 Å². The van der Waals surface area contributed by atoms with Crippen molar-refractivity contribution in [3.63, 3.8) is 0 Å². The molecule has 0 aliphatic heterocycles. The molecule has 13 heavy (non-hydrogen) atoms. The van der Waals surface area contributed by atoms with E-state index in [4.69, 9.17) is 0 Å². The molecular weight excluding hydrogens is 253 g/mol. The largest absolute Gasteiger partial charge is 0.434 e. The Morgan fingerprint density at radius 2 is 2.08 bits per heavy atom. The summed E-state index contributed by atoms with van der Waals surface area (Å²) in [6.07, 6.45) is -3.78. The Hall–Kier alpha value is -0.850. The predicted octanol–water partition coefficient (Wildman–Crippen LogP) is 1.56. The first-order valence-corrected chi connectivity index (χ1v) is 3.91. The van der Waals surface area contributed by atoms with Gasteiger partial charge in [0.25, 0.3) is 5.56 Å². The van der Waals surface area contributed by atoms with E-state index in [9.17, 15) is 18.0 Å². The molecule has 0 N–H and O–H groups in total. The van der Waals surface area contributed by atoms with Gasteiger partial charge < -0.3 is 4.57 Å². The summed E-state index contributed by atoms with van der Waals surface area (Å²) in [6.45, 7) is 0. The number of halogens is 4. The molecular formula is C6H4BrF3N2O. The molecule has 0 aliphatic rings. The average molecular weight is 257 g/mol. The Bertz CT molecular complexity index is 384. The fraction of sp³-hybridized carbons (Fsp3) is 0.333. The highest BCUT2D eigenvalue weighted by molar-refractivity contribution is 9.10. The third-order valence-corrected chi connectivity index (χ3v) is 2.06. The van der Waals surface area contributed by atoms with E-state index in [0.29, 0.717) is 0 Å². The van der Waals surface area contributed by atoms with Crippen LogP contribution in [0.2, 0.25) is 0 Å². The van der Waals surface area contributed by atoms with Gasteiger partial charge >= 0.3 is 6.18 Å². The number of hydrogen-bond acceptors (Lipinski definition) is 2. The Morgan fingerprint density at radius 3 is 2.54 bits per heavy atom. The summed E-state index contributed by atoms with van der Waals surface area (Å²) in [5.41, 5.74) is -1.96. The van der Waals surface area contributed by atoms with Crippen LogP contribution in [0.3, 0.4) is 0 Å². The lowest BCUT2D eigenvalue weighted by atomic mass is 10.4. The van der Waals surface area contributed by atoms with Crippen LogP contribution < -0.4 is 5.56 Å². The molecule has 0 aliphatic carbocycles. The standard InChI is InChI=1S/C6H4BrF3N2O/c1-12-2-11-4(6(8,9)10)3(7)5(12)13/h2H,1H3. The molecule has 0 unspecified atom stereocenters. The fourth-order valence-electron chi connectivity index (χ4n) is 0.707. The van der Waals surface area contributed by atoms with E-state index < -0.39 is 21.9 Å². The van der Waals surface area contributed by atoms with Crippen LogP contribution in [-0.2, 0) is 13.2 Å². The Morgan fingerprint density at radius 1 is 1.54 bits per heavy atom. The van der Waals surface area contributed by atoms with Crippen LogP contribution in [0, 0.1) is 0 Å². The summed E-state index contributed by atoms with van der Waals surface area (Å²) < 4.78 is 36.8. The van der Waals surface area contributed by atoms with Crippen LogP contribution in [0.4, 0.5) is 13.2 Å². The summed E-state index contributed by atoms with van der Waals surface area (Å²) in [4.78, 5) is 14.1. The lowest BCUT2D eigenvalue weighted by molar-refractivity contribution is -0.142. The van der Waals surface area contributed by atoms with Crippen LogP contribution in [0.15, 0.2) is 15.6 Å². The van der Waals surface area contributed by atoms with Gasteiger partial charge in [0.1, 0.15) is 4.47 Å². The monoisotopic (exact) mass is 256 g/mol. The van der Waals surface area contributed by atoms with E-state index in [1.165, 1.54) is 7.05 Å². The summed E-state index contributed by atoms with van der Waals surface area (Å²) in [6, 6.07) is 0. The topological polar surface area (TPSA) is 34.9 Å². The second kappa shape index (κ2) is 3.13. The maximum atomic E-state index is 12.1. The second-order valence-electron chi connectivity index (χ2n) is 2.32. The van der Waals surface area contributed by atoms with Gasteiger partial charge in [-0.3, -0.25) is 4.79 Å². The summed E-state index contributed by atoms with van der Waals surface area (Å²) in [7, 11) is 1.32. The average Bonchev–Trinajstić information content (AvgIpc) is 1.98. The minimum absolute atomic E-state index is 0.565. The van der Waals surface area contributed by atoms with Gasteiger partial charge in [-0.1, -0.05) is 0 Å². The van der Waals surface area contributed by atoms with Crippen molar-refractivity contribution in [3.8, 4) is 0 Å². The molecule has 0 radical (unpaired) electrons. The Labute approximate surface area is 79.3 Å². The van der Waals surface area contributed by atoms with Crippen molar-refractivity contribution < 1.29 is 13.2 Å². The number of rotatable bonds is 0. The molecule has 0 atom stereocenters. The van der Waals surface area contributed by atoms with E-state index in [1.807, 2.05) is 0 Å². The lowest BCUT2D eigenvalue weighted by Gasteiger charge is -2.07. The minimum atomic E-state index is -4.60. The number of hydrogen-bond donors (Lipinski definition) is 0. The highest BCUT2D eigenvalue weighted by atomic mass is 79.9. The van der Waals surface area contributed by atoms with Gasteiger partial charge in [0, 0.05) is 7.05 Å². The molecule has 3 nitrogen and oxygen atoms in total. The molecule has 0 spiro atoms. The first-order chi connectivity index (χ1) is 5.84. The molecule has 0 aromatic carbocycles. The number of aryl methyl sites for hydroxylation is 1. The quantitative estimate of drug-likeness (QED) is 0.706.